The second-order valence-electron chi connectivity index (χ2n) is 8.00. The molecule has 3 N–H and O–H groups in total. The first-order chi connectivity index (χ1) is 15.1. The highest BCUT2D eigenvalue weighted by molar-refractivity contribution is 5.98. The number of fused-ring (bicyclic) bond motifs is 2. The summed E-state index contributed by atoms with van der Waals surface area (Å²) in [6.07, 6.45) is 0.106. The van der Waals surface area contributed by atoms with Crippen molar-refractivity contribution in [1.29, 1.82) is 0 Å². The third-order valence-corrected chi connectivity index (χ3v) is 5.82. The number of carbonyl (C=O) groups is 1. The molecule has 0 saturated carbocycles. The minimum Gasteiger partial charge on any atom is -0.508 e. The lowest BCUT2D eigenvalue weighted by molar-refractivity contribution is 0.0735. The predicted molar refractivity (Wildman–Crippen MR) is 118 cm³/mol. The molecule has 4 rings (SSSR count). The molecule has 0 aromatic heterocycles. The van der Waals surface area contributed by atoms with Crippen molar-refractivity contribution >= 4 is 5.97 Å². The second kappa shape index (κ2) is 7.67. The summed E-state index contributed by atoms with van der Waals surface area (Å²) in [6, 6.07) is 6.27. The molecule has 0 unspecified atom stereocenters. The van der Waals surface area contributed by atoms with Gasteiger partial charge < -0.3 is 29.5 Å². The summed E-state index contributed by atoms with van der Waals surface area (Å²) < 4.78 is 17.0. The van der Waals surface area contributed by atoms with Crippen molar-refractivity contribution in [2.24, 2.45) is 0 Å². The molecule has 0 saturated heterocycles. The van der Waals surface area contributed by atoms with E-state index in [1.54, 1.807) is 26.8 Å². The summed E-state index contributed by atoms with van der Waals surface area (Å²) in [4.78, 5) is 13.1. The van der Waals surface area contributed by atoms with Crippen molar-refractivity contribution in [2.45, 2.75) is 34.1 Å². The molecule has 0 radical (unpaired) electrons. The molecule has 166 valence electrons. The van der Waals surface area contributed by atoms with E-state index in [2.05, 4.69) is 0 Å². The van der Waals surface area contributed by atoms with Crippen LogP contribution >= 0.6 is 0 Å². The molecule has 1 heterocycles. The lowest BCUT2D eigenvalue weighted by atomic mass is 9.94. The largest absolute Gasteiger partial charge is 0.508 e. The summed E-state index contributed by atoms with van der Waals surface area (Å²) in [5, 5.41) is 31.6. The van der Waals surface area contributed by atoms with Crippen molar-refractivity contribution in [1.82, 2.24) is 0 Å². The fourth-order valence-corrected chi connectivity index (χ4v) is 3.98. The monoisotopic (exact) mass is 436 g/mol. The number of phenolic OH excluding ortho intramolecular Hbond substituents is 3. The molecule has 3 aromatic carbocycles. The van der Waals surface area contributed by atoms with Gasteiger partial charge in [0.25, 0.3) is 0 Å². The highest BCUT2D eigenvalue weighted by Crippen LogP contribution is 2.49. The summed E-state index contributed by atoms with van der Waals surface area (Å²) in [5.74, 6) is 0.364. The summed E-state index contributed by atoms with van der Waals surface area (Å²) in [5.41, 5.74) is 3.26. The maximum absolute atomic E-state index is 13.1. The number of esters is 1. The molecule has 1 aliphatic heterocycles. The quantitative estimate of drug-likeness (QED) is 0.394. The zero-order valence-electron chi connectivity index (χ0n) is 18.5. The Kier molecular flexibility index (Phi) is 5.12. The van der Waals surface area contributed by atoms with Gasteiger partial charge in [-0.3, -0.25) is 0 Å². The van der Waals surface area contributed by atoms with Crippen LogP contribution in [-0.4, -0.2) is 28.4 Å². The van der Waals surface area contributed by atoms with Crippen LogP contribution in [0.1, 0.15) is 43.7 Å². The van der Waals surface area contributed by atoms with Gasteiger partial charge >= 0.3 is 5.97 Å². The van der Waals surface area contributed by atoms with Crippen molar-refractivity contribution < 1.29 is 34.3 Å². The van der Waals surface area contributed by atoms with E-state index in [0.717, 1.165) is 5.56 Å². The van der Waals surface area contributed by atoms with Crippen molar-refractivity contribution in [3.63, 3.8) is 0 Å². The molecule has 0 bridgehead atoms. The number of methoxy groups -OCH3 is 1. The third-order valence-electron chi connectivity index (χ3n) is 5.82. The Morgan fingerprint density at radius 2 is 1.41 bits per heavy atom. The number of aromatic hydroxyl groups is 3. The highest BCUT2D eigenvalue weighted by Gasteiger charge is 2.32. The Hall–Kier alpha value is -3.87. The fourth-order valence-electron chi connectivity index (χ4n) is 3.98. The van der Waals surface area contributed by atoms with Crippen LogP contribution in [0.25, 0.3) is 0 Å². The number of rotatable bonds is 3. The number of carbonyl (C=O) groups excluding carboxylic acids is 1. The predicted octanol–water partition coefficient (Wildman–Crippen LogP) is 4.96. The average molecular weight is 436 g/mol. The number of ether oxygens (including phenoxy) is 3. The maximum atomic E-state index is 13.1. The van der Waals surface area contributed by atoms with Crippen LogP contribution < -0.4 is 14.2 Å². The lowest BCUT2D eigenvalue weighted by Crippen LogP contribution is -2.11. The molecular formula is C25H24O7. The number of aryl methyl sites for hydroxylation is 3. The van der Waals surface area contributed by atoms with Gasteiger partial charge in [-0.2, -0.15) is 0 Å². The number of benzene rings is 3. The fraction of sp³-hybridized carbons (Fsp3) is 0.240. The van der Waals surface area contributed by atoms with E-state index < -0.39 is 5.97 Å². The molecule has 3 aromatic rings. The number of hydrogen-bond donors (Lipinski definition) is 3. The van der Waals surface area contributed by atoms with Crippen LogP contribution in [0.4, 0.5) is 0 Å². The van der Waals surface area contributed by atoms with Gasteiger partial charge in [-0.1, -0.05) is 0 Å². The summed E-state index contributed by atoms with van der Waals surface area (Å²) in [7, 11) is 1.51. The second-order valence-corrected chi connectivity index (χ2v) is 8.00. The Balaban J connectivity index is 1.94. The van der Waals surface area contributed by atoms with Crippen molar-refractivity contribution in [3.8, 4) is 40.2 Å². The van der Waals surface area contributed by atoms with Crippen LogP contribution in [0.15, 0.2) is 24.3 Å². The first kappa shape index (κ1) is 21.4. The van der Waals surface area contributed by atoms with Crippen LogP contribution in [0.2, 0.25) is 0 Å². The van der Waals surface area contributed by atoms with E-state index in [1.165, 1.54) is 25.3 Å². The lowest BCUT2D eigenvalue weighted by Gasteiger charge is -2.18. The topological polar surface area (TPSA) is 105 Å². The normalized spacial score (nSPS) is 12.3. The first-order valence-electron chi connectivity index (χ1n) is 10.1. The number of hydrogen-bond acceptors (Lipinski definition) is 7. The maximum Gasteiger partial charge on any atom is 0.347 e. The van der Waals surface area contributed by atoms with Gasteiger partial charge in [-0.25, -0.2) is 4.79 Å². The van der Waals surface area contributed by atoms with Gasteiger partial charge in [-0.15, -0.1) is 0 Å². The van der Waals surface area contributed by atoms with Gasteiger partial charge in [-0.05, 0) is 62.6 Å². The van der Waals surface area contributed by atoms with E-state index >= 15 is 0 Å². The van der Waals surface area contributed by atoms with E-state index in [4.69, 9.17) is 14.2 Å². The molecule has 7 heteroatoms. The summed E-state index contributed by atoms with van der Waals surface area (Å²) in [6.45, 7) is 6.86. The molecule has 0 amide bonds. The number of phenols is 3. The van der Waals surface area contributed by atoms with Gasteiger partial charge in [0, 0.05) is 29.2 Å². The minimum absolute atomic E-state index is 0.00382. The van der Waals surface area contributed by atoms with Crippen LogP contribution in [0, 0.1) is 27.7 Å². The highest BCUT2D eigenvalue weighted by atomic mass is 16.6. The molecule has 1 aliphatic rings. The Bertz CT molecular complexity index is 1250. The van der Waals surface area contributed by atoms with E-state index in [0.29, 0.717) is 33.6 Å². The van der Waals surface area contributed by atoms with E-state index in [9.17, 15) is 20.1 Å². The Morgan fingerprint density at radius 1 is 0.750 bits per heavy atom. The average Bonchev–Trinajstić information content (AvgIpc) is 2.88. The summed E-state index contributed by atoms with van der Waals surface area (Å²) >= 11 is 0. The standard InChI is InChI=1S/C25H24O7/c1-11-6-15(30-5)9-20(28)16(11)10-17-19(27)7-12(2)21-24(17)31-22-13(3)8-18(26)14(4)23(22)32-25(21)29/h6-9,26-28H,10H2,1-5H3. The third kappa shape index (κ3) is 3.36. The molecule has 32 heavy (non-hydrogen) atoms. The zero-order valence-corrected chi connectivity index (χ0v) is 18.5. The molecule has 0 aliphatic carbocycles. The minimum atomic E-state index is -0.652. The molecule has 0 fully saturated rings. The molecule has 7 nitrogen and oxygen atoms in total. The molecule has 0 atom stereocenters. The van der Waals surface area contributed by atoms with Crippen LogP contribution in [0.3, 0.4) is 0 Å². The van der Waals surface area contributed by atoms with Crippen molar-refractivity contribution in [3.05, 3.63) is 63.2 Å². The van der Waals surface area contributed by atoms with Gasteiger partial charge in [0.05, 0.1) is 7.11 Å². The van der Waals surface area contributed by atoms with Gasteiger partial charge in [0.15, 0.2) is 11.5 Å². The Labute approximate surface area is 185 Å². The van der Waals surface area contributed by atoms with Gasteiger partial charge in [0.2, 0.25) is 0 Å². The SMILES string of the molecule is COc1cc(C)c(Cc2c(O)cc(C)c3c2Oc2c(C)cc(O)c(C)c2OC3=O)c(O)c1. The van der Waals surface area contributed by atoms with Crippen molar-refractivity contribution in [2.75, 3.05) is 7.11 Å². The van der Waals surface area contributed by atoms with E-state index in [1.807, 2.05) is 6.92 Å². The Morgan fingerprint density at radius 3 is 2.06 bits per heavy atom. The van der Waals surface area contributed by atoms with Crippen LogP contribution in [0.5, 0.6) is 40.2 Å². The first-order valence-corrected chi connectivity index (χ1v) is 10.1. The van der Waals surface area contributed by atoms with E-state index in [-0.39, 0.29) is 46.5 Å². The molecule has 0 spiro atoms. The molecular weight excluding hydrogens is 412 g/mol. The smallest absolute Gasteiger partial charge is 0.347 e. The zero-order chi connectivity index (χ0) is 23.3. The van der Waals surface area contributed by atoms with Gasteiger partial charge in [0.1, 0.15) is 34.3 Å². The van der Waals surface area contributed by atoms with Crippen LogP contribution in [-0.2, 0) is 6.42 Å².